The topological polar surface area (TPSA) is 79.3 Å². The van der Waals surface area contributed by atoms with Gasteiger partial charge in [0.15, 0.2) is 0 Å². The number of anilines is 1. The predicted octanol–water partition coefficient (Wildman–Crippen LogP) is 3.62. The largest absolute Gasteiger partial charge is 0.477 e. The second-order valence-corrected chi connectivity index (χ2v) is 6.68. The second-order valence-electron chi connectivity index (χ2n) is 4.37. The molecule has 3 aromatic rings. The van der Waals surface area contributed by atoms with Crippen LogP contribution >= 0.6 is 22.7 Å². The van der Waals surface area contributed by atoms with Crippen LogP contribution in [-0.4, -0.2) is 22.0 Å². The van der Waals surface area contributed by atoms with E-state index in [4.69, 9.17) is 5.11 Å². The number of carbonyl (C=O) groups is 2. The first kappa shape index (κ1) is 13.7. The van der Waals surface area contributed by atoms with E-state index in [-0.39, 0.29) is 10.8 Å². The molecule has 7 heteroatoms. The maximum absolute atomic E-state index is 12.0. The van der Waals surface area contributed by atoms with Gasteiger partial charge in [-0.1, -0.05) is 0 Å². The lowest BCUT2D eigenvalue weighted by Gasteiger charge is -2.03. The molecule has 0 atom stereocenters. The van der Waals surface area contributed by atoms with Crippen LogP contribution in [0.15, 0.2) is 30.5 Å². The Labute approximate surface area is 127 Å². The summed E-state index contributed by atoms with van der Waals surface area (Å²) in [7, 11) is 0. The number of carboxylic acid groups (broad SMARTS) is 1. The third kappa shape index (κ3) is 2.79. The molecular weight excluding hydrogens is 308 g/mol. The number of benzene rings is 1. The minimum atomic E-state index is -0.943. The average Bonchev–Trinajstić information content (AvgIpc) is 3.04. The first-order valence-corrected chi connectivity index (χ1v) is 7.67. The monoisotopic (exact) mass is 318 g/mol. The van der Waals surface area contributed by atoms with Gasteiger partial charge < -0.3 is 10.4 Å². The number of carboxylic acids is 1. The lowest BCUT2D eigenvalue weighted by atomic mass is 10.2. The van der Waals surface area contributed by atoms with E-state index < -0.39 is 5.97 Å². The van der Waals surface area contributed by atoms with Gasteiger partial charge in [0, 0.05) is 10.4 Å². The quantitative estimate of drug-likeness (QED) is 0.773. The molecule has 0 aliphatic carbocycles. The maximum Gasteiger partial charge on any atom is 0.345 e. The summed E-state index contributed by atoms with van der Waals surface area (Å²) >= 11 is 2.54. The molecule has 0 fully saturated rings. The Hall–Kier alpha value is -2.25. The number of thiazole rings is 1. The summed E-state index contributed by atoms with van der Waals surface area (Å²) in [6.45, 7) is 1.84. The van der Waals surface area contributed by atoms with Crippen LogP contribution in [0.5, 0.6) is 0 Å². The summed E-state index contributed by atoms with van der Waals surface area (Å²) < 4.78 is 0.874. The summed E-state index contributed by atoms with van der Waals surface area (Å²) in [6.07, 6.45) is 1.54. The van der Waals surface area contributed by atoms with Crippen LogP contribution < -0.4 is 5.32 Å². The molecule has 3 rings (SSSR count). The number of thiophene rings is 1. The van der Waals surface area contributed by atoms with Crippen molar-refractivity contribution in [2.45, 2.75) is 6.92 Å². The Bertz CT molecular complexity index is 851. The highest BCUT2D eigenvalue weighted by atomic mass is 32.1. The van der Waals surface area contributed by atoms with Crippen LogP contribution in [0.1, 0.15) is 24.4 Å². The third-order valence-corrected chi connectivity index (χ3v) is 4.85. The lowest BCUT2D eigenvalue weighted by molar-refractivity contribution is 0.0702. The lowest BCUT2D eigenvalue weighted by Crippen LogP contribution is -2.09. The van der Waals surface area contributed by atoms with Crippen LogP contribution in [0.2, 0.25) is 0 Å². The number of nitrogens with one attached hydrogen (secondary N) is 1. The fourth-order valence-corrected chi connectivity index (χ4v) is 3.44. The summed E-state index contributed by atoms with van der Waals surface area (Å²) in [5.41, 5.74) is 0.633. The van der Waals surface area contributed by atoms with E-state index in [1.54, 1.807) is 30.5 Å². The van der Waals surface area contributed by atoms with Crippen molar-refractivity contribution in [2.24, 2.45) is 0 Å². The fourth-order valence-electron chi connectivity index (χ4n) is 1.89. The van der Waals surface area contributed by atoms with Gasteiger partial charge in [0.1, 0.15) is 9.75 Å². The molecule has 5 nitrogen and oxygen atoms in total. The van der Waals surface area contributed by atoms with E-state index >= 15 is 0 Å². The van der Waals surface area contributed by atoms with E-state index in [0.717, 1.165) is 15.1 Å². The van der Waals surface area contributed by atoms with Crippen LogP contribution in [0.25, 0.3) is 10.1 Å². The number of fused-ring (bicyclic) bond motifs is 1. The summed E-state index contributed by atoms with van der Waals surface area (Å²) in [5, 5.41) is 13.4. The molecule has 0 saturated carbocycles. The Morgan fingerprint density at radius 2 is 2.00 bits per heavy atom. The van der Waals surface area contributed by atoms with Crippen molar-refractivity contribution in [3.05, 3.63) is 45.2 Å². The van der Waals surface area contributed by atoms with Crippen LogP contribution in [0.4, 0.5) is 5.69 Å². The highest BCUT2D eigenvalue weighted by Gasteiger charge is 2.12. The molecule has 0 spiro atoms. The van der Waals surface area contributed by atoms with Gasteiger partial charge in [0.2, 0.25) is 0 Å². The second kappa shape index (κ2) is 5.27. The summed E-state index contributed by atoms with van der Waals surface area (Å²) in [6, 6.07) is 6.94. The van der Waals surface area contributed by atoms with Gasteiger partial charge >= 0.3 is 5.97 Å². The Balaban J connectivity index is 1.87. The van der Waals surface area contributed by atoms with Gasteiger partial charge in [-0.15, -0.1) is 22.7 Å². The van der Waals surface area contributed by atoms with Gasteiger partial charge in [-0.3, -0.25) is 4.79 Å². The van der Waals surface area contributed by atoms with Crippen molar-refractivity contribution in [3.8, 4) is 0 Å². The predicted molar refractivity (Wildman–Crippen MR) is 83.6 cm³/mol. The number of aromatic nitrogens is 1. The number of aryl methyl sites for hydroxylation is 1. The van der Waals surface area contributed by atoms with Crippen LogP contribution in [0, 0.1) is 6.92 Å². The zero-order valence-electron chi connectivity index (χ0n) is 10.9. The standard InChI is InChI=1S/C14H10N2O3S2/c1-7-15-6-12(20-7)13(17)16-9-2-3-10-8(4-9)5-11(21-10)14(18)19/h2-6H,1H3,(H,16,17)(H,18,19). The third-order valence-electron chi connectivity index (χ3n) is 2.83. The molecule has 0 saturated heterocycles. The van der Waals surface area contributed by atoms with Crippen molar-refractivity contribution in [1.29, 1.82) is 0 Å². The molecule has 1 amide bonds. The van der Waals surface area contributed by atoms with E-state index in [2.05, 4.69) is 10.3 Å². The molecule has 2 heterocycles. The van der Waals surface area contributed by atoms with Gasteiger partial charge in [-0.05, 0) is 36.6 Å². The molecular formula is C14H10N2O3S2. The van der Waals surface area contributed by atoms with Crippen molar-refractivity contribution in [3.63, 3.8) is 0 Å². The smallest absolute Gasteiger partial charge is 0.345 e. The molecule has 2 aromatic heterocycles. The Kier molecular flexibility index (Phi) is 3.44. The molecule has 2 N–H and O–H groups in total. The summed E-state index contributed by atoms with van der Waals surface area (Å²) in [5.74, 6) is -1.16. The molecule has 0 bridgehead atoms. The van der Waals surface area contributed by atoms with Crippen molar-refractivity contribution in [2.75, 3.05) is 5.32 Å². The van der Waals surface area contributed by atoms with Crippen LogP contribution in [-0.2, 0) is 0 Å². The molecule has 0 aliphatic rings. The first-order valence-electron chi connectivity index (χ1n) is 6.03. The number of hydrogen-bond donors (Lipinski definition) is 2. The van der Waals surface area contributed by atoms with Crippen molar-refractivity contribution >= 4 is 50.3 Å². The number of rotatable bonds is 3. The van der Waals surface area contributed by atoms with Crippen LogP contribution in [0.3, 0.4) is 0 Å². The Morgan fingerprint density at radius 1 is 1.19 bits per heavy atom. The highest BCUT2D eigenvalue weighted by molar-refractivity contribution is 7.20. The van der Waals surface area contributed by atoms with E-state index in [0.29, 0.717) is 10.6 Å². The van der Waals surface area contributed by atoms with E-state index in [9.17, 15) is 9.59 Å². The first-order chi connectivity index (χ1) is 10.0. The molecule has 21 heavy (non-hydrogen) atoms. The highest BCUT2D eigenvalue weighted by Crippen LogP contribution is 2.28. The maximum atomic E-state index is 12.0. The minimum absolute atomic E-state index is 0.214. The van der Waals surface area contributed by atoms with E-state index in [1.165, 1.54) is 22.7 Å². The minimum Gasteiger partial charge on any atom is -0.477 e. The molecule has 106 valence electrons. The van der Waals surface area contributed by atoms with Crippen molar-refractivity contribution < 1.29 is 14.7 Å². The number of hydrogen-bond acceptors (Lipinski definition) is 5. The van der Waals surface area contributed by atoms with Gasteiger partial charge in [0.05, 0.1) is 11.2 Å². The normalized spacial score (nSPS) is 10.7. The number of aromatic carboxylic acids is 1. The molecule has 1 aromatic carbocycles. The Morgan fingerprint density at radius 3 is 2.67 bits per heavy atom. The fraction of sp³-hybridized carbons (Fsp3) is 0.0714. The molecule has 0 aliphatic heterocycles. The SMILES string of the molecule is Cc1ncc(C(=O)Nc2ccc3sc(C(=O)O)cc3c2)s1. The molecule has 0 unspecified atom stereocenters. The van der Waals surface area contributed by atoms with Gasteiger partial charge in [-0.2, -0.15) is 0 Å². The number of carbonyl (C=O) groups excluding carboxylic acids is 1. The average molecular weight is 318 g/mol. The molecule has 0 radical (unpaired) electrons. The number of amides is 1. The van der Waals surface area contributed by atoms with Gasteiger partial charge in [0.25, 0.3) is 5.91 Å². The summed E-state index contributed by atoms with van der Waals surface area (Å²) in [4.78, 5) is 27.9. The van der Waals surface area contributed by atoms with Crippen molar-refractivity contribution in [1.82, 2.24) is 4.98 Å². The number of nitrogens with zero attached hydrogens (tertiary/aromatic N) is 1. The van der Waals surface area contributed by atoms with E-state index in [1.807, 2.05) is 6.92 Å². The zero-order chi connectivity index (χ0) is 15.0. The zero-order valence-corrected chi connectivity index (χ0v) is 12.5. The van der Waals surface area contributed by atoms with Gasteiger partial charge in [-0.25, -0.2) is 9.78 Å².